The number of rotatable bonds is 7. The first-order valence-electron chi connectivity index (χ1n) is 7.77. The van der Waals surface area contributed by atoms with Gasteiger partial charge in [-0.05, 0) is 57.2 Å². The molecule has 2 aromatic rings. The molecule has 0 aromatic heterocycles. The fourth-order valence-corrected chi connectivity index (χ4v) is 2.61. The van der Waals surface area contributed by atoms with Gasteiger partial charge in [0, 0.05) is 17.9 Å². The molecule has 2 heteroatoms. The summed E-state index contributed by atoms with van der Waals surface area (Å²) in [5.74, 6) is 0. The minimum absolute atomic E-state index is 1.04. The van der Waals surface area contributed by atoms with Crippen LogP contribution in [0.5, 0.6) is 0 Å². The van der Waals surface area contributed by atoms with Gasteiger partial charge in [-0.25, -0.2) is 0 Å². The van der Waals surface area contributed by atoms with Crippen molar-refractivity contribution in [2.45, 2.75) is 19.8 Å². The third-order valence-corrected chi connectivity index (χ3v) is 3.72. The summed E-state index contributed by atoms with van der Waals surface area (Å²) in [5, 5.41) is 0. The fraction of sp³-hybridized carbons (Fsp3) is 0.368. The highest BCUT2D eigenvalue weighted by Crippen LogP contribution is 2.29. The second-order valence-corrected chi connectivity index (χ2v) is 5.63. The van der Waals surface area contributed by atoms with Crippen LogP contribution in [0.4, 0.5) is 11.4 Å². The first kappa shape index (κ1) is 15.6. The van der Waals surface area contributed by atoms with Gasteiger partial charge in [-0.3, -0.25) is 0 Å². The van der Waals surface area contributed by atoms with Crippen molar-refractivity contribution >= 4 is 11.4 Å². The molecule has 0 N–H and O–H groups in total. The predicted octanol–water partition coefficient (Wildman–Crippen LogP) is 4.34. The Hall–Kier alpha value is -1.80. The molecule has 0 aliphatic carbocycles. The molecule has 2 aromatic carbocycles. The summed E-state index contributed by atoms with van der Waals surface area (Å²) in [6.45, 7) is 4.37. The van der Waals surface area contributed by atoms with Crippen LogP contribution in [0.25, 0.3) is 0 Å². The lowest BCUT2D eigenvalue weighted by Gasteiger charge is -2.28. The molecule has 0 saturated carbocycles. The molecule has 0 atom stereocenters. The van der Waals surface area contributed by atoms with Gasteiger partial charge in [0.2, 0.25) is 0 Å². The minimum atomic E-state index is 1.04. The van der Waals surface area contributed by atoms with Gasteiger partial charge in [0.15, 0.2) is 0 Å². The summed E-state index contributed by atoms with van der Waals surface area (Å²) in [6, 6.07) is 19.4. The number of aryl methyl sites for hydroxylation is 1. The summed E-state index contributed by atoms with van der Waals surface area (Å²) in [4.78, 5) is 4.69. The van der Waals surface area contributed by atoms with Crippen LogP contribution < -0.4 is 4.90 Å². The van der Waals surface area contributed by atoms with Crippen LogP contribution >= 0.6 is 0 Å². The van der Waals surface area contributed by atoms with Crippen molar-refractivity contribution < 1.29 is 0 Å². The Labute approximate surface area is 129 Å². The topological polar surface area (TPSA) is 6.48 Å². The van der Waals surface area contributed by atoms with Crippen molar-refractivity contribution in [3.63, 3.8) is 0 Å². The monoisotopic (exact) mass is 282 g/mol. The smallest absolute Gasteiger partial charge is 0.0443 e. The van der Waals surface area contributed by atoms with Crippen molar-refractivity contribution in [1.82, 2.24) is 4.90 Å². The molecule has 0 spiro atoms. The van der Waals surface area contributed by atoms with E-state index in [0.29, 0.717) is 0 Å². The van der Waals surface area contributed by atoms with Crippen molar-refractivity contribution in [3.05, 3.63) is 60.2 Å². The van der Waals surface area contributed by atoms with Gasteiger partial charge >= 0.3 is 0 Å². The van der Waals surface area contributed by atoms with Gasteiger partial charge < -0.3 is 9.80 Å². The molecular formula is C19H26N2. The highest BCUT2D eigenvalue weighted by Gasteiger charge is 2.12. The zero-order valence-corrected chi connectivity index (χ0v) is 13.4. The quantitative estimate of drug-likeness (QED) is 0.745. The Morgan fingerprint density at radius 2 is 1.48 bits per heavy atom. The molecule has 0 saturated heterocycles. The van der Waals surface area contributed by atoms with Crippen molar-refractivity contribution in [2.75, 3.05) is 32.1 Å². The van der Waals surface area contributed by atoms with Gasteiger partial charge in [-0.15, -0.1) is 0 Å². The van der Waals surface area contributed by atoms with E-state index < -0.39 is 0 Å². The van der Waals surface area contributed by atoms with Gasteiger partial charge in [0.25, 0.3) is 0 Å². The van der Waals surface area contributed by atoms with E-state index in [4.69, 9.17) is 0 Å². The van der Waals surface area contributed by atoms with E-state index in [2.05, 4.69) is 85.4 Å². The third kappa shape index (κ3) is 4.33. The molecule has 0 heterocycles. The maximum atomic E-state index is 2.45. The molecule has 0 unspecified atom stereocenters. The molecule has 0 amide bonds. The number of hydrogen-bond donors (Lipinski definition) is 0. The van der Waals surface area contributed by atoms with E-state index in [1.165, 1.54) is 16.9 Å². The van der Waals surface area contributed by atoms with E-state index in [0.717, 1.165) is 25.9 Å². The number of anilines is 2. The number of hydrogen-bond acceptors (Lipinski definition) is 2. The average Bonchev–Trinajstić information content (AvgIpc) is 2.52. The van der Waals surface area contributed by atoms with Gasteiger partial charge in [0.05, 0.1) is 0 Å². The predicted molar refractivity (Wildman–Crippen MR) is 92.4 cm³/mol. The number of nitrogens with zero attached hydrogens (tertiary/aromatic N) is 2. The Balaban J connectivity index is 2.27. The zero-order chi connectivity index (χ0) is 15.1. The number of benzene rings is 2. The molecule has 0 aliphatic heterocycles. The maximum absolute atomic E-state index is 2.45. The highest BCUT2D eigenvalue weighted by atomic mass is 15.1. The highest BCUT2D eigenvalue weighted by molar-refractivity contribution is 5.66. The fourth-order valence-electron chi connectivity index (χ4n) is 2.61. The summed E-state index contributed by atoms with van der Waals surface area (Å²) in [7, 11) is 4.26. The van der Waals surface area contributed by atoms with Crippen LogP contribution in [0.1, 0.15) is 18.9 Å². The molecule has 2 rings (SSSR count). The SMILES string of the molecule is CCc1ccccc1N(CCCN(C)C)c1ccccc1. The molecule has 112 valence electrons. The van der Waals surface area contributed by atoms with E-state index in [1.807, 2.05) is 0 Å². The van der Waals surface area contributed by atoms with Crippen LogP contribution in [0.2, 0.25) is 0 Å². The van der Waals surface area contributed by atoms with Crippen LogP contribution in [-0.4, -0.2) is 32.1 Å². The van der Waals surface area contributed by atoms with Crippen LogP contribution in [0, 0.1) is 0 Å². The summed E-state index contributed by atoms with van der Waals surface area (Å²) >= 11 is 0. The van der Waals surface area contributed by atoms with Crippen molar-refractivity contribution in [2.24, 2.45) is 0 Å². The third-order valence-electron chi connectivity index (χ3n) is 3.72. The zero-order valence-electron chi connectivity index (χ0n) is 13.4. The largest absolute Gasteiger partial charge is 0.341 e. The molecular weight excluding hydrogens is 256 g/mol. The Kier molecular flexibility index (Phi) is 5.82. The Morgan fingerprint density at radius 1 is 0.810 bits per heavy atom. The van der Waals surface area contributed by atoms with Crippen LogP contribution in [0.15, 0.2) is 54.6 Å². The first-order chi connectivity index (χ1) is 10.2. The van der Waals surface area contributed by atoms with E-state index in [-0.39, 0.29) is 0 Å². The van der Waals surface area contributed by atoms with Gasteiger partial charge in [-0.2, -0.15) is 0 Å². The lowest BCUT2D eigenvalue weighted by molar-refractivity contribution is 0.402. The lowest BCUT2D eigenvalue weighted by Crippen LogP contribution is -2.24. The second kappa shape index (κ2) is 7.84. The average molecular weight is 282 g/mol. The second-order valence-electron chi connectivity index (χ2n) is 5.63. The van der Waals surface area contributed by atoms with E-state index in [1.54, 1.807) is 0 Å². The Morgan fingerprint density at radius 3 is 2.14 bits per heavy atom. The molecule has 0 fully saturated rings. The van der Waals surface area contributed by atoms with Crippen LogP contribution in [-0.2, 0) is 6.42 Å². The van der Waals surface area contributed by atoms with Crippen LogP contribution in [0.3, 0.4) is 0 Å². The van der Waals surface area contributed by atoms with Crippen molar-refractivity contribution in [3.8, 4) is 0 Å². The molecule has 0 aliphatic rings. The summed E-state index contributed by atoms with van der Waals surface area (Å²) in [5.41, 5.74) is 4.02. The molecule has 21 heavy (non-hydrogen) atoms. The Bertz CT molecular complexity index is 534. The van der Waals surface area contributed by atoms with E-state index in [9.17, 15) is 0 Å². The van der Waals surface area contributed by atoms with Crippen molar-refractivity contribution in [1.29, 1.82) is 0 Å². The molecule has 0 bridgehead atoms. The normalized spacial score (nSPS) is 10.9. The molecule has 0 radical (unpaired) electrons. The van der Waals surface area contributed by atoms with Gasteiger partial charge in [-0.1, -0.05) is 43.3 Å². The molecule has 2 nitrogen and oxygen atoms in total. The standard InChI is InChI=1S/C19H26N2/c1-4-17-11-8-9-14-19(17)21(16-10-15-20(2)3)18-12-6-5-7-13-18/h5-9,11-14H,4,10,15-16H2,1-3H3. The number of para-hydroxylation sites is 2. The first-order valence-corrected chi connectivity index (χ1v) is 7.77. The maximum Gasteiger partial charge on any atom is 0.0443 e. The lowest BCUT2D eigenvalue weighted by atomic mass is 10.1. The van der Waals surface area contributed by atoms with Gasteiger partial charge in [0.1, 0.15) is 0 Å². The summed E-state index contributed by atoms with van der Waals surface area (Å²) < 4.78 is 0. The minimum Gasteiger partial charge on any atom is -0.341 e. The van der Waals surface area contributed by atoms with E-state index >= 15 is 0 Å². The summed E-state index contributed by atoms with van der Waals surface area (Å²) in [6.07, 6.45) is 2.22.